The topological polar surface area (TPSA) is 41.6 Å². The van der Waals surface area contributed by atoms with Gasteiger partial charge in [0.05, 0.1) is 13.2 Å². The number of carbonyl (C=O) groups excluding carboxylic acids is 1. The molecule has 1 aromatic rings. The van der Waals surface area contributed by atoms with Crippen molar-refractivity contribution < 1.29 is 9.53 Å². The molecule has 1 N–H and O–H groups in total. The Balaban J connectivity index is 1.68. The number of rotatable bonds is 2. The predicted molar refractivity (Wildman–Crippen MR) is 68.7 cm³/mol. The van der Waals surface area contributed by atoms with Gasteiger partial charge in [0.15, 0.2) is 0 Å². The van der Waals surface area contributed by atoms with Crippen molar-refractivity contribution in [3.8, 4) is 0 Å². The Morgan fingerprint density at radius 3 is 2.89 bits per heavy atom. The molecule has 0 aromatic heterocycles. The van der Waals surface area contributed by atoms with Gasteiger partial charge in [-0.2, -0.15) is 0 Å². The average molecular weight is 246 g/mol. The van der Waals surface area contributed by atoms with Crippen molar-refractivity contribution >= 4 is 5.91 Å². The van der Waals surface area contributed by atoms with E-state index in [0.29, 0.717) is 0 Å². The largest absolute Gasteiger partial charge is 0.379 e. The fourth-order valence-electron chi connectivity index (χ4n) is 2.71. The van der Waals surface area contributed by atoms with Crippen molar-refractivity contribution in [1.29, 1.82) is 0 Å². The summed E-state index contributed by atoms with van der Waals surface area (Å²) in [4.78, 5) is 14.3. The zero-order valence-electron chi connectivity index (χ0n) is 10.4. The van der Waals surface area contributed by atoms with Gasteiger partial charge >= 0.3 is 0 Å². The minimum absolute atomic E-state index is 0.0649. The quantitative estimate of drug-likeness (QED) is 0.834. The number of amides is 1. The Morgan fingerprint density at radius 1 is 1.28 bits per heavy atom. The smallest absolute Gasteiger partial charge is 0.251 e. The Kier molecular flexibility index (Phi) is 3.30. The second-order valence-corrected chi connectivity index (χ2v) is 4.94. The fraction of sp³-hybridized carbons (Fsp3) is 0.500. The molecular weight excluding hydrogens is 228 g/mol. The van der Waals surface area contributed by atoms with Crippen LogP contribution in [-0.4, -0.2) is 49.7 Å². The molecule has 2 heterocycles. The molecule has 1 saturated heterocycles. The van der Waals surface area contributed by atoms with Crippen LogP contribution in [0.25, 0.3) is 0 Å². The molecule has 1 atom stereocenters. The van der Waals surface area contributed by atoms with Gasteiger partial charge in [0.25, 0.3) is 5.91 Å². The van der Waals surface area contributed by atoms with E-state index >= 15 is 0 Å². The second-order valence-electron chi connectivity index (χ2n) is 4.94. The van der Waals surface area contributed by atoms with E-state index in [1.54, 1.807) is 0 Å². The number of fused-ring (bicyclic) bond motifs is 1. The fourth-order valence-corrected chi connectivity index (χ4v) is 2.71. The van der Waals surface area contributed by atoms with Crippen LogP contribution in [-0.2, 0) is 11.2 Å². The van der Waals surface area contributed by atoms with Crippen LogP contribution in [0, 0.1) is 0 Å². The highest BCUT2D eigenvalue weighted by atomic mass is 16.5. The van der Waals surface area contributed by atoms with Crippen molar-refractivity contribution in [3.63, 3.8) is 0 Å². The highest BCUT2D eigenvalue weighted by Crippen LogP contribution is 2.17. The summed E-state index contributed by atoms with van der Waals surface area (Å²) < 4.78 is 5.34. The van der Waals surface area contributed by atoms with Crippen LogP contribution in [0.1, 0.15) is 15.9 Å². The first-order valence-corrected chi connectivity index (χ1v) is 6.52. The predicted octanol–water partition coefficient (Wildman–Crippen LogP) is 0.673. The minimum Gasteiger partial charge on any atom is -0.379 e. The van der Waals surface area contributed by atoms with Gasteiger partial charge in [-0.1, -0.05) is 18.2 Å². The van der Waals surface area contributed by atoms with Crippen LogP contribution < -0.4 is 5.32 Å². The van der Waals surface area contributed by atoms with Gasteiger partial charge in [-0.05, 0) is 18.1 Å². The van der Waals surface area contributed by atoms with Gasteiger partial charge in [-0.3, -0.25) is 9.69 Å². The zero-order chi connectivity index (χ0) is 12.4. The van der Waals surface area contributed by atoms with Gasteiger partial charge < -0.3 is 10.1 Å². The first kappa shape index (κ1) is 11.7. The molecule has 1 unspecified atom stereocenters. The number of morpholine rings is 1. The standard InChI is InChI=1S/C14H18N2O2/c17-14-13-4-2-1-3-11(13)9-12(15-14)10-16-5-7-18-8-6-16/h1-4,12H,5-10H2,(H,15,17). The molecule has 4 nitrogen and oxygen atoms in total. The summed E-state index contributed by atoms with van der Waals surface area (Å²) in [6.07, 6.45) is 0.930. The minimum atomic E-state index is 0.0649. The summed E-state index contributed by atoms with van der Waals surface area (Å²) >= 11 is 0. The van der Waals surface area contributed by atoms with Gasteiger partial charge in [0, 0.05) is 31.2 Å². The van der Waals surface area contributed by atoms with Gasteiger partial charge in [-0.25, -0.2) is 0 Å². The number of benzene rings is 1. The first-order valence-electron chi connectivity index (χ1n) is 6.52. The highest BCUT2D eigenvalue weighted by molar-refractivity contribution is 5.97. The molecule has 3 rings (SSSR count). The molecule has 1 aromatic carbocycles. The molecular formula is C14H18N2O2. The van der Waals surface area contributed by atoms with E-state index in [9.17, 15) is 4.79 Å². The Hall–Kier alpha value is -1.39. The SMILES string of the molecule is O=C1NC(CN2CCOCC2)Cc2ccccc21. The van der Waals surface area contributed by atoms with Crippen LogP contribution in [0.3, 0.4) is 0 Å². The van der Waals surface area contributed by atoms with E-state index in [1.807, 2.05) is 18.2 Å². The number of nitrogens with zero attached hydrogens (tertiary/aromatic N) is 1. The molecule has 1 fully saturated rings. The van der Waals surface area contributed by atoms with Gasteiger partial charge in [0.1, 0.15) is 0 Å². The summed E-state index contributed by atoms with van der Waals surface area (Å²) in [6, 6.07) is 8.10. The molecule has 2 aliphatic heterocycles. The molecule has 96 valence electrons. The lowest BCUT2D eigenvalue weighted by molar-refractivity contribution is 0.0330. The van der Waals surface area contributed by atoms with Crippen molar-refractivity contribution in [2.24, 2.45) is 0 Å². The number of hydrogen-bond acceptors (Lipinski definition) is 3. The first-order chi connectivity index (χ1) is 8.83. The van der Waals surface area contributed by atoms with Crippen LogP contribution >= 0.6 is 0 Å². The summed E-state index contributed by atoms with van der Waals surface area (Å²) in [5.74, 6) is 0.0649. The maximum Gasteiger partial charge on any atom is 0.251 e. The molecule has 4 heteroatoms. The summed E-state index contributed by atoms with van der Waals surface area (Å²) in [6.45, 7) is 4.46. The molecule has 0 spiro atoms. The molecule has 2 aliphatic rings. The van der Waals surface area contributed by atoms with E-state index in [-0.39, 0.29) is 11.9 Å². The molecule has 1 amide bonds. The van der Waals surface area contributed by atoms with Crippen molar-refractivity contribution in [2.75, 3.05) is 32.8 Å². The summed E-state index contributed by atoms with van der Waals surface area (Å²) in [5.41, 5.74) is 2.00. The van der Waals surface area contributed by atoms with Crippen molar-refractivity contribution in [2.45, 2.75) is 12.5 Å². The van der Waals surface area contributed by atoms with Gasteiger partial charge in [0.2, 0.25) is 0 Å². The summed E-state index contributed by atoms with van der Waals surface area (Å²) in [5, 5.41) is 3.10. The molecule has 0 radical (unpaired) electrons. The van der Waals surface area contributed by atoms with Crippen LogP contribution in [0.15, 0.2) is 24.3 Å². The third-order valence-corrected chi connectivity index (χ3v) is 3.65. The van der Waals surface area contributed by atoms with Crippen molar-refractivity contribution in [3.05, 3.63) is 35.4 Å². The normalized spacial score (nSPS) is 24.4. The average Bonchev–Trinajstić information content (AvgIpc) is 2.40. The van der Waals surface area contributed by atoms with E-state index < -0.39 is 0 Å². The number of carbonyl (C=O) groups is 1. The van der Waals surface area contributed by atoms with Gasteiger partial charge in [-0.15, -0.1) is 0 Å². The van der Waals surface area contributed by atoms with E-state index in [1.165, 1.54) is 5.56 Å². The van der Waals surface area contributed by atoms with E-state index in [0.717, 1.165) is 44.8 Å². The maximum absolute atomic E-state index is 12.0. The molecule has 0 aliphatic carbocycles. The third kappa shape index (κ3) is 2.40. The van der Waals surface area contributed by atoms with Crippen LogP contribution in [0.5, 0.6) is 0 Å². The molecule has 18 heavy (non-hydrogen) atoms. The van der Waals surface area contributed by atoms with Crippen LogP contribution in [0.2, 0.25) is 0 Å². The Labute approximate surface area is 107 Å². The number of nitrogens with one attached hydrogen (secondary N) is 1. The highest BCUT2D eigenvalue weighted by Gasteiger charge is 2.25. The number of hydrogen-bond donors (Lipinski definition) is 1. The Bertz CT molecular complexity index is 441. The Morgan fingerprint density at radius 2 is 2.06 bits per heavy atom. The lowest BCUT2D eigenvalue weighted by Gasteiger charge is -2.33. The molecule has 0 bridgehead atoms. The van der Waals surface area contributed by atoms with Crippen LogP contribution in [0.4, 0.5) is 0 Å². The third-order valence-electron chi connectivity index (χ3n) is 3.65. The summed E-state index contributed by atoms with van der Waals surface area (Å²) in [7, 11) is 0. The van der Waals surface area contributed by atoms with E-state index in [2.05, 4.69) is 16.3 Å². The van der Waals surface area contributed by atoms with Crippen molar-refractivity contribution in [1.82, 2.24) is 10.2 Å². The maximum atomic E-state index is 12.0. The lowest BCUT2D eigenvalue weighted by atomic mass is 9.95. The lowest BCUT2D eigenvalue weighted by Crippen LogP contribution is -2.50. The monoisotopic (exact) mass is 246 g/mol. The molecule has 0 saturated carbocycles. The number of ether oxygens (including phenoxy) is 1. The zero-order valence-corrected chi connectivity index (χ0v) is 10.4. The second kappa shape index (κ2) is 5.08. The van der Waals surface area contributed by atoms with E-state index in [4.69, 9.17) is 4.74 Å².